The Morgan fingerprint density at radius 3 is 2.94 bits per heavy atom. The zero-order valence-corrected chi connectivity index (χ0v) is 9.83. The van der Waals surface area contributed by atoms with Crippen LogP contribution in [-0.2, 0) is 11.2 Å². The maximum Gasteiger partial charge on any atom is 0.340 e. The number of pyridine rings is 1. The van der Waals surface area contributed by atoms with E-state index in [9.17, 15) is 4.79 Å². The number of anilines is 1. The largest absolute Gasteiger partial charge is 0.456 e. The van der Waals surface area contributed by atoms with E-state index in [0.29, 0.717) is 5.56 Å². The Morgan fingerprint density at radius 1 is 1.50 bits per heavy atom. The van der Waals surface area contributed by atoms with Gasteiger partial charge in [0.2, 0.25) is 0 Å². The predicted molar refractivity (Wildman–Crippen MR) is 61.6 cm³/mol. The molecular formula is C12H16N2O2. The van der Waals surface area contributed by atoms with E-state index < -0.39 is 5.60 Å². The van der Waals surface area contributed by atoms with Gasteiger partial charge in [0, 0.05) is 19.2 Å². The van der Waals surface area contributed by atoms with Gasteiger partial charge in [0.05, 0.1) is 16.9 Å². The van der Waals surface area contributed by atoms with Crippen LogP contribution in [0.3, 0.4) is 0 Å². The summed E-state index contributed by atoms with van der Waals surface area (Å²) >= 11 is 0. The number of hydrogen-bond acceptors (Lipinski definition) is 4. The molecule has 0 bridgehead atoms. The van der Waals surface area contributed by atoms with Crippen molar-refractivity contribution in [2.24, 2.45) is 0 Å². The zero-order valence-electron chi connectivity index (χ0n) is 9.83. The summed E-state index contributed by atoms with van der Waals surface area (Å²) in [6, 6.07) is 1.81. The molecule has 0 radical (unpaired) electrons. The van der Waals surface area contributed by atoms with Gasteiger partial charge in [-0.05, 0) is 26.8 Å². The van der Waals surface area contributed by atoms with Crippen LogP contribution in [0.5, 0.6) is 0 Å². The highest BCUT2D eigenvalue weighted by Gasteiger charge is 2.20. The molecule has 0 aromatic carbocycles. The SMILES string of the molecule is CC(C)(C)OC(=O)c1cnc2c(c1)NCC2. The molecule has 0 fully saturated rings. The van der Waals surface area contributed by atoms with Crippen molar-refractivity contribution in [3.63, 3.8) is 0 Å². The third-order valence-electron chi connectivity index (χ3n) is 2.28. The monoisotopic (exact) mass is 220 g/mol. The molecule has 86 valence electrons. The van der Waals surface area contributed by atoms with Gasteiger partial charge in [-0.15, -0.1) is 0 Å². The molecule has 0 saturated heterocycles. The Balaban J connectivity index is 2.19. The molecule has 1 aliphatic rings. The number of esters is 1. The van der Waals surface area contributed by atoms with Crippen LogP contribution in [0, 0.1) is 0 Å². The summed E-state index contributed by atoms with van der Waals surface area (Å²) in [5.74, 6) is -0.323. The average molecular weight is 220 g/mol. The second-order valence-corrected chi connectivity index (χ2v) is 4.90. The lowest BCUT2D eigenvalue weighted by molar-refractivity contribution is 0.00691. The molecule has 0 atom stereocenters. The summed E-state index contributed by atoms with van der Waals surface area (Å²) in [6.07, 6.45) is 2.50. The summed E-state index contributed by atoms with van der Waals surface area (Å²) in [5, 5.41) is 3.19. The van der Waals surface area contributed by atoms with Crippen LogP contribution < -0.4 is 5.32 Å². The zero-order chi connectivity index (χ0) is 11.8. The van der Waals surface area contributed by atoms with Gasteiger partial charge in [0.25, 0.3) is 0 Å². The highest BCUT2D eigenvalue weighted by Crippen LogP contribution is 2.22. The molecule has 0 spiro atoms. The minimum atomic E-state index is -0.469. The topological polar surface area (TPSA) is 51.2 Å². The Kier molecular flexibility index (Phi) is 2.58. The van der Waals surface area contributed by atoms with Crippen LogP contribution in [0.15, 0.2) is 12.3 Å². The van der Waals surface area contributed by atoms with Crippen molar-refractivity contribution < 1.29 is 9.53 Å². The van der Waals surface area contributed by atoms with E-state index in [1.54, 1.807) is 6.20 Å². The number of carbonyl (C=O) groups excluding carboxylic acids is 1. The number of ether oxygens (including phenoxy) is 1. The third kappa shape index (κ3) is 2.32. The van der Waals surface area contributed by atoms with Gasteiger partial charge in [0.15, 0.2) is 0 Å². The fourth-order valence-corrected chi connectivity index (χ4v) is 1.61. The average Bonchev–Trinajstić information content (AvgIpc) is 2.61. The Bertz CT molecular complexity index is 422. The summed E-state index contributed by atoms with van der Waals surface area (Å²) in [5.41, 5.74) is 2.00. The molecule has 0 amide bonds. The number of rotatable bonds is 1. The van der Waals surface area contributed by atoms with Crippen LogP contribution in [0.2, 0.25) is 0 Å². The van der Waals surface area contributed by atoms with E-state index in [2.05, 4.69) is 10.3 Å². The van der Waals surface area contributed by atoms with Crippen molar-refractivity contribution in [2.45, 2.75) is 32.8 Å². The summed E-state index contributed by atoms with van der Waals surface area (Å²) in [4.78, 5) is 16.0. The lowest BCUT2D eigenvalue weighted by Crippen LogP contribution is -2.24. The lowest BCUT2D eigenvalue weighted by atomic mass is 10.2. The molecule has 2 heterocycles. The Hall–Kier alpha value is -1.58. The number of hydrogen-bond donors (Lipinski definition) is 1. The lowest BCUT2D eigenvalue weighted by Gasteiger charge is -2.19. The van der Waals surface area contributed by atoms with Crippen molar-refractivity contribution >= 4 is 11.7 Å². The van der Waals surface area contributed by atoms with E-state index in [1.807, 2.05) is 26.8 Å². The molecule has 0 unspecified atom stereocenters. The normalized spacial score (nSPS) is 14.2. The van der Waals surface area contributed by atoms with E-state index >= 15 is 0 Å². The van der Waals surface area contributed by atoms with Gasteiger partial charge in [-0.25, -0.2) is 4.79 Å². The highest BCUT2D eigenvalue weighted by atomic mass is 16.6. The Morgan fingerprint density at radius 2 is 2.25 bits per heavy atom. The minimum Gasteiger partial charge on any atom is -0.456 e. The van der Waals surface area contributed by atoms with Crippen molar-refractivity contribution in [3.05, 3.63) is 23.5 Å². The minimum absolute atomic E-state index is 0.323. The van der Waals surface area contributed by atoms with Crippen LogP contribution >= 0.6 is 0 Å². The van der Waals surface area contributed by atoms with Gasteiger partial charge in [-0.3, -0.25) is 4.98 Å². The molecule has 4 nitrogen and oxygen atoms in total. The van der Waals surface area contributed by atoms with Crippen molar-refractivity contribution in [1.82, 2.24) is 4.98 Å². The molecule has 16 heavy (non-hydrogen) atoms. The molecule has 2 rings (SSSR count). The first-order valence-corrected chi connectivity index (χ1v) is 5.42. The molecule has 1 aromatic heterocycles. The molecule has 1 N–H and O–H groups in total. The second kappa shape index (κ2) is 3.77. The first-order chi connectivity index (χ1) is 7.46. The maximum atomic E-state index is 11.8. The molecule has 0 aliphatic carbocycles. The van der Waals surface area contributed by atoms with Crippen LogP contribution in [0.1, 0.15) is 36.8 Å². The van der Waals surface area contributed by atoms with Gasteiger partial charge in [-0.1, -0.05) is 0 Å². The number of nitrogens with zero attached hydrogens (tertiary/aromatic N) is 1. The molecular weight excluding hydrogens is 204 g/mol. The standard InChI is InChI=1S/C12H16N2O2/c1-12(2,3)16-11(15)8-6-10-9(14-7-8)4-5-13-10/h6-7,13H,4-5H2,1-3H3. The highest BCUT2D eigenvalue weighted by molar-refractivity contribution is 5.90. The van der Waals surface area contributed by atoms with E-state index in [4.69, 9.17) is 4.74 Å². The fraction of sp³-hybridized carbons (Fsp3) is 0.500. The predicted octanol–water partition coefficient (Wildman–Crippen LogP) is 2.00. The van der Waals surface area contributed by atoms with Crippen LogP contribution in [0.4, 0.5) is 5.69 Å². The molecule has 4 heteroatoms. The third-order valence-corrected chi connectivity index (χ3v) is 2.28. The number of fused-ring (bicyclic) bond motifs is 1. The summed E-state index contributed by atoms with van der Waals surface area (Å²) < 4.78 is 5.28. The van der Waals surface area contributed by atoms with Crippen LogP contribution in [0.25, 0.3) is 0 Å². The quantitative estimate of drug-likeness (QED) is 0.735. The van der Waals surface area contributed by atoms with Gasteiger partial charge in [-0.2, -0.15) is 0 Å². The van der Waals surface area contributed by atoms with Crippen LogP contribution in [-0.4, -0.2) is 23.1 Å². The van der Waals surface area contributed by atoms with Crippen molar-refractivity contribution in [2.75, 3.05) is 11.9 Å². The fourth-order valence-electron chi connectivity index (χ4n) is 1.61. The first-order valence-electron chi connectivity index (χ1n) is 5.42. The van der Waals surface area contributed by atoms with E-state index in [0.717, 1.165) is 24.3 Å². The van der Waals surface area contributed by atoms with Crippen molar-refractivity contribution in [3.8, 4) is 0 Å². The maximum absolute atomic E-state index is 11.8. The second-order valence-electron chi connectivity index (χ2n) is 4.90. The van der Waals surface area contributed by atoms with Gasteiger partial charge >= 0.3 is 5.97 Å². The molecule has 0 saturated carbocycles. The van der Waals surface area contributed by atoms with E-state index in [-0.39, 0.29) is 5.97 Å². The number of carbonyl (C=O) groups is 1. The first kappa shape index (κ1) is 10.9. The molecule has 1 aliphatic heterocycles. The Labute approximate surface area is 95.0 Å². The number of nitrogens with one attached hydrogen (secondary N) is 1. The summed E-state index contributed by atoms with van der Waals surface area (Å²) in [7, 11) is 0. The number of aromatic nitrogens is 1. The molecule has 1 aromatic rings. The smallest absolute Gasteiger partial charge is 0.340 e. The van der Waals surface area contributed by atoms with E-state index in [1.165, 1.54) is 0 Å². The van der Waals surface area contributed by atoms with Crippen molar-refractivity contribution in [1.29, 1.82) is 0 Å². The summed E-state index contributed by atoms with van der Waals surface area (Å²) in [6.45, 7) is 6.44. The van der Waals surface area contributed by atoms with Gasteiger partial charge in [0.1, 0.15) is 5.60 Å². The van der Waals surface area contributed by atoms with Gasteiger partial charge < -0.3 is 10.1 Å².